The average molecular weight is 319 g/mol. The van der Waals surface area contributed by atoms with Crippen LogP contribution in [-0.2, 0) is 16.1 Å². The van der Waals surface area contributed by atoms with Gasteiger partial charge >= 0.3 is 5.97 Å². The molecule has 2 rings (SSSR count). The molecular weight excluding hydrogens is 298 g/mol. The lowest BCUT2D eigenvalue weighted by atomic mass is 10.1. The first-order valence-electron chi connectivity index (χ1n) is 7.59. The van der Waals surface area contributed by atoms with Crippen molar-refractivity contribution >= 4 is 11.7 Å². The molecule has 1 aromatic rings. The molecule has 1 unspecified atom stereocenters. The second kappa shape index (κ2) is 8.40. The van der Waals surface area contributed by atoms with E-state index in [0.29, 0.717) is 5.56 Å². The summed E-state index contributed by atoms with van der Waals surface area (Å²) in [4.78, 5) is 22.2. The van der Waals surface area contributed by atoms with Crippen LogP contribution < -0.4 is 10.6 Å². The number of ether oxygens (including phenoxy) is 1. The lowest BCUT2D eigenvalue weighted by Crippen LogP contribution is -2.47. The fourth-order valence-corrected chi connectivity index (χ4v) is 2.43. The van der Waals surface area contributed by atoms with E-state index in [1.807, 2.05) is 0 Å². The summed E-state index contributed by atoms with van der Waals surface area (Å²) in [5.74, 6) is -0.392. The van der Waals surface area contributed by atoms with Gasteiger partial charge in [-0.25, -0.2) is 4.79 Å². The monoisotopic (exact) mass is 319 g/mol. The van der Waals surface area contributed by atoms with Gasteiger partial charge in [0.2, 0.25) is 0 Å². The Morgan fingerprint density at radius 1 is 1.43 bits per heavy atom. The van der Waals surface area contributed by atoms with E-state index in [9.17, 15) is 14.9 Å². The van der Waals surface area contributed by atoms with Gasteiger partial charge in [0.05, 0.1) is 4.92 Å². The second-order valence-electron chi connectivity index (χ2n) is 5.44. The van der Waals surface area contributed by atoms with E-state index in [-0.39, 0.29) is 18.3 Å². The summed E-state index contributed by atoms with van der Waals surface area (Å²) >= 11 is 0. The number of rotatable bonds is 7. The number of nitro benzene ring substituents is 1. The van der Waals surface area contributed by atoms with E-state index < -0.39 is 16.9 Å². The summed E-state index contributed by atoms with van der Waals surface area (Å²) in [6.07, 6.45) is 3.46. The standard InChI is InChI=1S/C16H21N3O4/c1-2-15(18-13-7-9-17-10-8-13)16(20)23-11-12-3-5-14(6-4-12)19(21)22/h2-6,13,15,17-18H,1,7-11H2. The fourth-order valence-electron chi connectivity index (χ4n) is 2.43. The number of non-ortho nitro benzene ring substituents is 1. The van der Waals surface area contributed by atoms with Gasteiger partial charge in [0.25, 0.3) is 5.69 Å². The van der Waals surface area contributed by atoms with Crippen molar-refractivity contribution in [1.29, 1.82) is 0 Å². The Balaban J connectivity index is 1.83. The molecule has 0 spiro atoms. The zero-order chi connectivity index (χ0) is 16.7. The zero-order valence-corrected chi connectivity index (χ0v) is 12.9. The molecule has 1 aliphatic rings. The van der Waals surface area contributed by atoms with Crippen molar-refractivity contribution in [3.63, 3.8) is 0 Å². The van der Waals surface area contributed by atoms with Crippen molar-refractivity contribution < 1.29 is 14.5 Å². The van der Waals surface area contributed by atoms with E-state index in [1.165, 1.54) is 12.1 Å². The number of carbonyl (C=O) groups is 1. The highest BCUT2D eigenvalue weighted by Gasteiger charge is 2.22. The first-order chi connectivity index (χ1) is 11.1. The maximum absolute atomic E-state index is 12.1. The molecule has 0 bridgehead atoms. The maximum Gasteiger partial charge on any atom is 0.327 e. The van der Waals surface area contributed by atoms with E-state index in [1.54, 1.807) is 18.2 Å². The van der Waals surface area contributed by atoms with Crippen molar-refractivity contribution in [2.45, 2.75) is 31.5 Å². The molecule has 0 radical (unpaired) electrons. The highest BCUT2D eigenvalue weighted by Crippen LogP contribution is 2.13. The van der Waals surface area contributed by atoms with Gasteiger partial charge in [-0.05, 0) is 43.6 Å². The number of nitrogens with one attached hydrogen (secondary N) is 2. The predicted molar refractivity (Wildman–Crippen MR) is 85.9 cm³/mol. The van der Waals surface area contributed by atoms with Gasteiger partial charge < -0.3 is 10.1 Å². The number of nitro groups is 1. The molecule has 0 aliphatic carbocycles. The molecule has 0 saturated carbocycles. The van der Waals surface area contributed by atoms with E-state index in [2.05, 4.69) is 17.2 Å². The minimum absolute atomic E-state index is 0.0108. The van der Waals surface area contributed by atoms with Gasteiger partial charge in [0.1, 0.15) is 12.6 Å². The third-order valence-electron chi connectivity index (χ3n) is 3.77. The third kappa shape index (κ3) is 5.15. The number of piperidine rings is 1. The Labute approximate surface area is 134 Å². The zero-order valence-electron chi connectivity index (χ0n) is 12.9. The SMILES string of the molecule is C=CC(NC1CCNCC1)C(=O)OCc1ccc([N+](=O)[O-])cc1. The molecule has 7 nitrogen and oxygen atoms in total. The normalized spacial score (nSPS) is 16.5. The minimum atomic E-state index is -0.545. The van der Waals surface area contributed by atoms with Crippen molar-refractivity contribution in [3.8, 4) is 0 Å². The Morgan fingerprint density at radius 2 is 2.09 bits per heavy atom. The van der Waals surface area contributed by atoms with Crippen LogP contribution in [0, 0.1) is 10.1 Å². The van der Waals surface area contributed by atoms with Gasteiger partial charge in [-0.1, -0.05) is 6.08 Å². The molecule has 0 amide bonds. The molecular formula is C16H21N3O4. The van der Waals surface area contributed by atoms with Gasteiger partial charge in [0, 0.05) is 18.2 Å². The van der Waals surface area contributed by atoms with Gasteiger partial charge in [-0.3, -0.25) is 15.4 Å². The smallest absolute Gasteiger partial charge is 0.327 e. The molecule has 124 valence electrons. The summed E-state index contributed by atoms with van der Waals surface area (Å²) in [7, 11) is 0. The molecule has 23 heavy (non-hydrogen) atoms. The molecule has 7 heteroatoms. The van der Waals surface area contributed by atoms with Crippen LogP contribution >= 0.6 is 0 Å². The molecule has 1 saturated heterocycles. The molecule has 1 fully saturated rings. The van der Waals surface area contributed by atoms with Gasteiger partial charge in [-0.2, -0.15) is 0 Å². The molecule has 1 heterocycles. The number of benzene rings is 1. The number of esters is 1. The highest BCUT2D eigenvalue weighted by molar-refractivity contribution is 5.78. The van der Waals surface area contributed by atoms with Crippen LogP contribution in [0.3, 0.4) is 0 Å². The molecule has 2 N–H and O–H groups in total. The van der Waals surface area contributed by atoms with Crippen molar-refractivity contribution in [1.82, 2.24) is 10.6 Å². The van der Waals surface area contributed by atoms with Gasteiger partial charge in [-0.15, -0.1) is 6.58 Å². The topological polar surface area (TPSA) is 93.5 Å². The van der Waals surface area contributed by atoms with E-state index >= 15 is 0 Å². The van der Waals surface area contributed by atoms with Crippen molar-refractivity contribution in [3.05, 3.63) is 52.6 Å². The van der Waals surface area contributed by atoms with Crippen LogP contribution in [0.2, 0.25) is 0 Å². The van der Waals surface area contributed by atoms with Crippen LogP contribution in [0.1, 0.15) is 18.4 Å². The lowest BCUT2D eigenvalue weighted by molar-refractivity contribution is -0.384. The number of hydrogen-bond acceptors (Lipinski definition) is 6. The molecule has 1 aliphatic heterocycles. The fraction of sp³-hybridized carbons (Fsp3) is 0.438. The Kier molecular flexibility index (Phi) is 6.25. The van der Waals surface area contributed by atoms with Crippen LogP contribution in [0.25, 0.3) is 0 Å². The van der Waals surface area contributed by atoms with Crippen LogP contribution in [0.5, 0.6) is 0 Å². The van der Waals surface area contributed by atoms with E-state index in [4.69, 9.17) is 4.74 Å². The molecule has 0 aromatic heterocycles. The number of nitrogens with zero attached hydrogens (tertiary/aromatic N) is 1. The first kappa shape index (κ1) is 17.1. The van der Waals surface area contributed by atoms with Crippen molar-refractivity contribution in [2.75, 3.05) is 13.1 Å². The van der Waals surface area contributed by atoms with Gasteiger partial charge in [0.15, 0.2) is 0 Å². The Morgan fingerprint density at radius 3 is 2.65 bits per heavy atom. The second-order valence-corrected chi connectivity index (χ2v) is 5.44. The summed E-state index contributed by atoms with van der Waals surface area (Å²) in [6, 6.07) is 5.66. The summed E-state index contributed by atoms with van der Waals surface area (Å²) < 4.78 is 5.26. The van der Waals surface area contributed by atoms with Crippen LogP contribution in [-0.4, -0.2) is 36.1 Å². The largest absolute Gasteiger partial charge is 0.459 e. The molecule has 1 aromatic carbocycles. The van der Waals surface area contributed by atoms with Crippen LogP contribution in [0.15, 0.2) is 36.9 Å². The summed E-state index contributed by atoms with van der Waals surface area (Å²) in [6.45, 7) is 5.62. The average Bonchev–Trinajstić information content (AvgIpc) is 2.58. The lowest BCUT2D eigenvalue weighted by Gasteiger charge is -2.26. The number of hydrogen-bond donors (Lipinski definition) is 2. The van der Waals surface area contributed by atoms with E-state index in [0.717, 1.165) is 25.9 Å². The van der Waals surface area contributed by atoms with Crippen molar-refractivity contribution in [2.24, 2.45) is 0 Å². The van der Waals surface area contributed by atoms with Crippen LogP contribution in [0.4, 0.5) is 5.69 Å². The summed E-state index contributed by atoms with van der Waals surface area (Å²) in [5, 5.41) is 17.1. The predicted octanol–water partition coefficient (Wildman–Crippen LogP) is 1.53. The summed E-state index contributed by atoms with van der Waals surface area (Å²) in [5.41, 5.74) is 0.713. The maximum atomic E-state index is 12.1. The number of carbonyl (C=O) groups excluding carboxylic acids is 1. The Bertz CT molecular complexity index is 553. The quantitative estimate of drug-likeness (QED) is 0.343. The molecule has 1 atom stereocenters. The highest BCUT2D eigenvalue weighted by atomic mass is 16.6. The Hall–Kier alpha value is -2.25. The minimum Gasteiger partial charge on any atom is -0.459 e. The first-order valence-corrected chi connectivity index (χ1v) is 7.59. The third-order valence-corrected chi connectivity index (χ3v) is 3.77.